The number of nitrogens with one attached hydrogen (secondary N) is 1. The highest BCUT2D eigenvalue weighted by Crippen LogP contribution is 2.22. The van der Waals surface area contributed by atoms with Crippen LogP contribution >= 0.6 is 0 Å². The molecule has 0 spiro atoms. The molecule has 2 rings (SSSR count). The Morgan fingerprint density at radius 3 is 3.10 bits per heavy atom. The van der Waals surface area contributed by atoms with Crippen molar-refractivity contribution >= 4 is 5.82 Å². The molecule has 112 valence electrons. The van der Waals surface area contributed by atoms with Crippen LogP contribution in [0.3, 0.4) is 0 Å². The molecule has 1 saturated heterocycles. The summed E-state index contributed by atoms with van der Waals surface area (Å²) in [7, 11) is 1.71. The van der Waals surface area contributed by atoms with Gasteiger partial charge in [0.05, 0.1) is 25.9 Å². The molecule has 1 aliphatic rings. The highest BCUT2D eigenvalue weighted by atomic mass is 16.5. The number of hydrogen-bond acceptors (Lipinski definition) is 5. The van der Waals surface area contributed by atoms with Crippen molar-refractivity contribution in [2.75, 3.05) is 44.9 Å². The molecule has 20 heavy (non-hydrogen) atoms. The standard InChI is InChI=1S/C15H25N3O2/c1-12-8-14(9-16-4-6-19-3)10-17-15(12)18-5-7-20-11-13(18)2/h8,10,13,16H,4-7,9,11H2,1-3H3. The van der Waals surface area contributed by atoms with Crippen molar-refractivity contribution in [2.24, 2.45) is 0 Å². The van der Waals surface area contributed by atoms with Gasteiger partial charge in [0, 0.05) is 32.9 Å². The molecule has 0 bridgehead atoms. The molecule has 0 saturated carbocycles. The molecule has 0 aromatic carbocycles. The largest absolute Gasteiger partial charge is 0.383 e. The molecule has 1 atom stereocenters. The molecule has 1 fully saturated rings. The normalized spacial score (nSPS) is 19.4. The highest BCUT2D eigenvalue weighted by Gasteiger charge is 2.21. The van der Waals surface area contributed by atoms with E-state index < -0.39 is 0 Å². The van der Waals surface area contributed by atoms with E-state index in [0.29, 0.717) is 6.04 Å². The average molecular weight is 279 g/mol. The molecule has 2 heterocycles. The Morgan fingerprint density at radius 1 is 1.55 bits per heavy atom. The van der Waals surface area contributed by atoms with Crippen molar-refractivity contribution < 1.29 is 9.47 Å². The first-order valence-corrected chi connectivity index (χ1v) is 7.22. The minimum absolute atomic E-state index is 0.389. The zero-order valence-electron chi connectivity index (χ0n) is 12.7. The predicted octanol–water partition coefficient (Wildman–Crippen LogP) is 1.35. The van der Waals surface area contributed by atoms with Gasteiger partial charge in [0.15, 0.2) is 0 Å². The van der Waals surface area contributed by atoms with Gasteiger partial charge in [0.25, 0.3) is 0 Å². The van der Waals surface area contributed by atoms with Gasteiger partial charge >= 0.3 is 0 Å². The van der Waals surface area contributed by atoms with E-state index >= 15 is 0 Å². The van der Waals surface area contributed by atoms with E-state index in [4.69, 9.17) is 9.47 Å². The topological polar surface area (TPSA) is 46.6 Å². The summed E-state index contributed by atoms with van der Waals surface area (Å²) in [5, 5.41) is 3.34. The molecular weight excluding hydrogens is 254 g/mol. The highest BCUT2D eigenvalue weighted by molar-refractivity contribution is 5.48. The maximum absolute atomic E-state index is 5.48. The molecule has 5 nitrogen and oxygen atoms in total. The first-order chi connectivity index (χ1) is 9.72. The van der Waals surface area contributed by atoms with Crippen molar-refractivity contribution in [1.82, 2.24) is 10.3 Å². The van der Waals surface area contributed by atoms with Gasteiger partial charge < -0.3 is 19.7 Å². The van der Waals surface area contributed by atoms with E-state index in [1.165, 1.54) is 11.1 Å². The van der Waals surface area contributed by atoms with Crippen LogP contribution < -0.4 is 10.2 Å². The summed E-state index contributed by atoms with van der Waals surface area (Å²) >= 11 is 0. The summed E-state index contributed by atoms with van der Waals surface area (Å²) in [6.07, 6.45) is 1.96. The second kappa shape index (κ2) is 7.57. The zero-order valence-corrected chi connectivity index (χ0v) is 12.7. The molecule has 0 aliphatic carbocycles. The van der Waals surface area contributed by atoms with Gasteiger partial charge in [-0.1, -0.05) is 0 Å². The number of nitrogens with zero attached hydrogens (tertiary/aromatic N) is 2. The van der Waals surface area contributed by atoms with Crippen molar-refractivity contribution in [3.05, 3.63) is 23.4 Å². The molecule has 0 amide bonds. The van der Waals surface area contributed by atoms with Gasteiger partial charge in [-0.2, -0.15) is 0 Å². The maximum atomic E-state index is 5.48. The lowest BCUT2D eigenvalue weighted by atomic mass is 10.1. The monoisotopic (exact) mass is 279 g/mol. The minimum atomic E-state index is 0.389. The summed E-state index contributed by atoms with van der Waals surface area (Å²) < 4.78 is 10.5. The van der Waals surface area contributed by atoms with Crippen LogP contribution in [-0.4, -0.2) is 51.0 Å². The van der Waals surface area contributed by atoms with E-state index in [2.05, 4.69) is 35.1 Å². The summed E-state index contributed by atoms with van der Waals surface area (Å²) in [5.41, 5.74) is 2.44. The van der Waals surface area contributed by atoms with Crippen molar-refractivity contribution in [2.45, 2.75) is 26.4 Å². The average Bonchev–Trinajstić information content (AvgIpc) is 2.45. The number of ether oxygens (including phenoxy) is 2. The third-order valence-electron chi connectivity index (χ3n) is 3.56. The summed E-state index contributed by atoms with van der Waals surface area (Å²) in [4.78, 5) is 6.98. The Labute approximate surface area is 121 Å². The van der Waals surface area contributed by atoms with Crippen LogP contribution in [0.4, 0.5) is 5.82 Å². The molecule has 0 radical (unpaired) electrons. The molecule has 1 aromatic rings. The summed E-state index contributed by atoms with van der Waals surface area (Å²) in [6.45, 7) is 9.21. The maximum Gasteiger partial charge on any atom is 0.131 e. The Kier molecular flexibility index (Phi) is 5.76. The van der Waals surface area contributed by atoms with Gasteiger partial charge in [-0.3, -0.25) is 0 Å². The van der Waals surface area contributed by atoms with Crippen molar-refractivity contribution in [1.29, 1.82) is 0 Å². The van der Waals surface area contributed by atoms with Crippen LogP contribution in [0.15, 0.2) is 12.3 Å². The number of pyridine rings is 1. The van der Waals surface area contributed by atoms with E-state index in [-0.39, 0.29) is 0 Å². The predicted molar refractivity (Wildman–Crippen MR) is 80.2 cm³/mol. The van der Waals surface area contributed by atoms with E-state index in [1.807, 2.05) is 6.20 Å². The Balaban J connectivity index is 1.98. The van der Waals surface area contributed by atoms with Gasteiger partial charge in [0.2, 0.25) is 0 Å². The SMILES string of the molecule is COCCNCc1cnc(N2CCOCC2C)c(C)c1. The zero-order chi connectivity index (χ0) is 14.4. The van der Waals surface area contributed by atoms with Crippen molar-refractivity contribution in [3.8, 4) is 0 Å². The fourth-order valence-electron chi connectivity index (χ4n) is 2.47. The molecular formula is C15H25N3O2. The first-order valence-electron chi connectivity index (χ1n) is 7.22. The third kappa shape index (κ3) is 3.91. The number of methoxy groups -OCH3 is 1. The minimum Gasteiger partial charge on any atom is -0.383 e. The quantitative estimate of drug-likeness (QED) is 0.797. The van der Waals surface area contributed by atoms with E-state index in [1.54, 1.807) is 7.11 Å². The van der Waals surface area contributed by atoms with Crippen LogP contribution in [0.5, 0.6) is 0 Å². The number of hydrogen-bond donors (Lipinski definition) is 1. The second-order valence-corrected chi connectivity index (χ2v) is 5.27. The first kappa shape index (κ1) is 15.2. The lowest BCUT2D eigenvalue weighted by Crippen LogP contribution is -2.44. The lowest BCUT2D eigenvalue weighted by molar-refractivity contribution is 0.0985. The van der Waals surface area contributed by atoms with Crippen LogP contribution in [0, 0.1) is 6.92 Å². The number of rotatable bonds is 6. The third-order valence-corrected chi connectivity index (χ3v) is 3.56. The summed E-state index contributed by atoms with van der Waals surface area (Å²) in [5.74, 6) is 1.08. The number of anilines is 1. The smallest absolute Gasteiger partial charge is 0.131 e. The lowest BCUT2D eigenvalue weighted by Gasteiger charge is -2.35. The summed E-state index contributed by atoms with van der Waals surface area (Å²) in [6, 6.07) is 2.60. The molecule has 5 heteroatoms. The van der Waals surface area contributed by atoms with Crippen LogP contribution in [0.1, 0.15) is 18.1 Å². The van der Waals surface area contributed by atoms with E-state index in [0.717, 1.165) is 45.3 Å². The van der Waals surface area contributed by atoms with Crippen LogP contribution in [-0.2, 0) is 16.0 Å². The fraction of sp³-hybridized carbons (Fsp3) is 0.667. The Hall–Kier alpha value is -1.17. The van der Waals surface area contributed by atoms with Gasteiger partial charge in [0.1, 0.15) is 5.82 Å². The molecule has 1 N–H and O–H groups in total. The van der Waals surface area contributed by atoms with Gasteiger partial charge in [-0.05, 0) is 31.0 Å². The molecule has 1 unspecified atom stereocenters. The Bertz CT molecular complexity index is 426. The molecule has 1 aliphatic heterocycles. The van der Waals surface area contributed by atoms with Crippen LogP contribution in [0.25, 0.3) is 0 Å². The molecule has 1 aromatic heterocycles. The number of aromatic nitrogens is 1. The Morgan fingerprint density at radius 2 is 2.40 bits per heavy atom. The van der Waals surface area contributed by atoms with Gasteiger partial charge in [-0.15, -0.1) is 0 Å². The van der Waals surface area contributed by atoms with Crippen molar-refractivity contribution in [3.63, 3.8) is 0 Å². The van der Waals surface area contributed by atoms with Gasteiger partial charge in [-0.25, -0.2) is 4.98 Å². The second-order valence-electron chi connectivity index (χ2n) is 5.27. The van der Waals surface area contributed by atoms with E-state index in [9.17, 15) is 0 Å². The number of morpholine rings is 1. The van der Waals surface area contributed by atoms with Crippen LogP contribution in [0.2, 0.25) is 0 Å². The number of aryl methyl sites for hydroxylation is 1. The fourth-order valence-corrected chi connectivity index (χ4v) is 2.47.